The number of aliphatic hydroxyl groups is 1. The zero-order chi connectivity index (χ0) is 17.8. The van der Waals surface area contributed by atoms with E-state index in [1.54, 1.807) is 0 Å². The molecule has 4 nitrogen and oxygen atoms in total. The standard InChI is InChI=1S/C21H25NO3/c1-15(2)12-19-20(23)13-21(24)22(19)14-16-8-10-18(11-9-16)25-17-6-4-3-5-7-17/h3-11,15,19-20,23H,12-14H2,1-2H3. The minimum atomic E-state index is -0.560. The maximum atomic E-state index is 12.2. The van der Waals surface area contributed by atoms with Gasteiger partial charge in [0.25, 0.3) is 0 Å². The highest BCUT2D eigenvalue weighted by atomic mass is 16.5. The van der Waals surface area contributed by atoms with Gasteiger partial charge in [-0.05, 0) is 42.2 Å². The van der Waals surface area contributed by atoms with E-state index >= 15 is 0 Å². The molecular formula is C21H25NO3. The number of aliphatic hydroxyl groups excluding tert-OH is 1. The first-order chi connectivity index (χ1) is 12.0. The minimum Gasteiger partial charge on any atom is -0.457 e. The van der Waals surface area contributed by atoms with Gasteiger partial charge in [-0.3, -0.25) is 4.79 Å². The van der Waals surface area contributed by atoms with Crippen LogP contribution in [0.1, 0.15) is 32.3 Å². The molecule has 0 aliphatic carbocycles. The zero-order valence-corrected chi connectivity index (χ0v) is 14.8. The summed E-state index contributed by atoms with van der Waals surface area (Å²) in [4.78, 5) is 14.0. The average molecular weight is 339 g/mol. The van der Waals surface area contributed by atoms with Crippen molar-refractivity contribution in [1.82, 2.24) is 4.90 Å². The Balaban J connectivity index is 1.67. The van der Waals surface area contributed by atoms with Crippen molar-refractivity contribution in [2.45, 2.75) is 45.4 Å². The molecule has 1 aliphatic rings. The molecular weight excluding hydrogens is 314 g/mol. The molecule has 0 spiro atoms. The highest BCUT2D eigenvalue weighted by molar-refractivity contribution is 5.79. The number of para-hydroxylation sites is 1. The Labute approximate surface area is 149 Å². The van der Waals surface area contributed by atoms with Crippen LogP contribution in [0.5, 0.6) is 11.5 Å². The Kier molecular flexibility index (Phi) is 5.39. The van der Waals surface area contributed by atoms with Gasteiger partial charge in [-0.25, -0.2) is 0 Å². The van der Waals surface area contributed by atoms with Crippen molar-refractivity contribution < 1.29 is 14.6 Å². The molecule has 0 bridgehead atoms. The van der Waals surface area contributed by atoms with Crippen LogP contribution >= 0.6 is 0 Å². The Morgan fingerprint density at radius 2 is 1.72 bits per heavy atom. The molecule has 0 radical (unpaired) electrons. The first kappa shape index (κ1) is 17.5. The van der Waals surface area contributed by atoms with Crippen molar-refractivity contribution in [3.63, 3.8) is 0 Å². The number of carbonyl (C=O) groups is 1. The van der Waals surface area contributed by atoms with Crippen molar-refractivity contribution in [2.75, 3.05) is 0 Å². The van der Waals surface area contributed by atoms with Gasteiger partial charge in [0.05, 0.1) is 18.6 Å². The van der Waals surface area contributed by atoms with Crippen LogP contribution in [0.3, 0.4) is 0 Å². The summed E-state index contributed by atoms with van der Waals surface area (Å²) < 4.78 is 5.79. The molecule has 3 rings (SSSR count). The largest absolute Gasteiger partial charge is 0.457 e. The summed E-state index contributed by atoms with van der Waals surface area (Å²) in [7, 11) is 0. The van der Waals surface area contributed by atoms with Gasteiger partial charge >= 0.3 is 0 Å². The van der Waals surface area contributed by atoms with Gasteiger partial charge in [0.15, 0.2) is 0 Å². The van der Waals surface area contributed by atoms with E-state index in [9.17, 15) is 9.90 Å². The lowest BCUT2D eigenvalue weighted by molar-refractivity contribution is -0.129. The molecule has 1 aliphatic heterocycles. The van der Waals surface area contributed by atoms with Crippen molar-refractivity contribution in [3.8, 4) is 11.5 Å². The van der Waals surface area contributed by atoms with Crippen molar-refractivity contribution in [3.05, 3.63) is 60.2 Å². The summed E-state index contributed by atoms with van der Waals surface area (Å²) >= 11 is 0. The second kappa shape index (κ2) is 7.70. The molecule has 2 unspecified atom stereocenters. The van der Waals surface area contributed by atoms with Gasteiger partial charge in [0.2, 0.25) is 5.91 Å². The van der Waals surface area contributed by atoms with Gasteiger partial charge in [-0.2, -0.15) is 0 Å². The maximum absolute atomic E-state index is 12.2. The van der Waals surface area contributed by atoms with E-state index in [4.69, 9.17) is 4.74 Å². The summed E-state index contributed by atoms with van der Waals surface area (Å²) in [5.74, 6) is 2.03. The highest BCUT2D eigenvalue weighted by Gasteiger charge is 2.38. The van der Waals surface area contributed by atoms with Gasteiger partial charge in [0.1, 0.15) is 11.5 Å². The molecule has 1 fully saturated rings. The molecule has 2 aromatic rings. The molecule has 1 N–H and O–H groups in total. The smallest absolute Gasteiger partial charge is 0.225 e. The quantitative estimate of drug-likeness (QED) is 0.866. The van der Waals surface area contributed by atoms with E-state index in [1.165, 1.54) is 0 Å². The molecule has 25 heavy (non-hydrogen) atoms. The molecule has 2 aromatic carbocycles. The fourth-order valence-electron chi connectivity index (χ4n) is 3.28. The number of nitrogens with zero attached hydrogens (tertiary/aromatic N) is 1. The summed E-state index contributed by atoms with van der Waals surface area (Å²) in [6.45, 7) is 4.76. The Morgan fingerprint density at radius 3 is 2.36 bits per heavy atom. The zero-order valence-electron chi connectivity index (χ0n) is 14.8. The van der Waals surface area contributed by atoms with E-state index in [0.717, 1.165) is 23.5 Å². The third-order valence-corrected chi connectivity index (χ3v) is 4.52. The first-order valence-corrected chi connectivity index (χ1v) is 8.82. The maximum Gasteiger partial charge on any atom is 0.225 e. The van der Waals surface area contributed by atoms with Gasteiger partial charge in [-0.1, -0.05) is 44.2 Å². The number of amides is 1. The number of likely N-dealkylation sites (tertiary alicyclic amines) is 1. The number of hydrogen-bond acceptors (Lipinski definition) is 3. The molecule has 132 valence electrons. The molecule has 0 saturated carbocycles. The molecule has 0 aromatic heterocycles. The number of benzene rings is 2. The summed E-state index contributed by atoms with van der Waals surface area (Å²) in [6, 6.07) is 17.3. The van der Waals surface area contributed by atoms with E-state index < -0.39 is 6.10 Å². The van der Waals surface area contributed by atoms with E-state index in [2.05, 4.69) is 13.8 Å². The lowest BCUT2D eigenvalue weighted by atomic mass is 9.99. The fraction of sp³-hybridized carbons (Fsp3) is 0.381. The molecule has 4 heteroatoms. The van der Waals surface area contributed by atoms with Crippen molar-refractivity contribution in [1.29, 1.82) is 0 Å². The van der Waals surface area contributed by atoms with Gasteiger partial charge < -0.3 is 14.7 Å². The molecule has 1 amide bonds. The fourth-order valence-corrected chi connectivity index (χ4v) is 3.28. The first-order valence-electron chi connectivity index (χ1n) is 8.82. The van der Waals surface area contributed by atoms with Crippen molar-refractivity contribution in [2.24, 2.45) is 5.92 Å². The van der Waals surface area contributed by atoms with Crippen molar-refractivity contribution >= 4 is 5.91 Å². The lowest BCUT2D eigenvalue weighted by Gasteiger charge is -2.28. The summed E-state index contributed by atoms with van der Waals surface area (Å²) in [5, 5.41) is 10.2. The number of rotatable bonds is 6. The SMILES string of the molecule is CC(C)CC1C(O)CC(=O)N1Cc1ccc(Oc2ccccc2)cc1. The topological polar surface area (TPSA) is 49.8 Å². The van der Waals surface area contributed by atoms with E-state index in [-0.39, 0.29) is 18.4 Å². The number of ether oxygens (including phenoxy) is 1. The third kappa shape index (κ3) is 4.40. The predicted octanol–water partition coefficient (Wildman–Crippen LogP) is 3.99. The average Bonchev–Trinajstić information content (AvgIpc) is 2.84. The normalized spacial score (nSPS) is 20.3. The van der Waals surface area contributed by atoms with Crippen LogP contribution < -0.4 is 4.74 Å². The second-order valence-electron chi connectivity index (χ2n) is 7.05. The third-order valence-electron chi connectivity index (χ3n) is 4.52. The van der Waals surface area contributed by atoms with Crippen LogP contribution in [0.15, 0.2) is 54.6 Å². The molecule has 2 atom stereocenters. The molecule has 1 saturated heterocycles. The van der Waals surface area contributed by atoms with E-state index in [0.29, 0.717) is 12.5 Å². The minimum absolute atomic E-state index is 0.0303. The second-order valence-corrected chi connectivity index (χ2v) is 7.05. The summed E-state index contributed by atoms with van der Waals surface area (Å²) in [6.07, 6.45) is 0.491. The monoisotopic (exact) mass is 339 g/mol. The number of hydrogen-bond donors (Lipinski definition) is 1. The van der Waals surface area contributed by atoms with Crippen LogP contribution in [0.25, 0.3) is 0 Å². The van der Waals surface area contributed by atoms with Crippen LogP contribution in [0.2, 0.25) is 0 Å². The Morgan fingerprint density at radius 1 is 1.08 bits per heavy atom. The van der Waals surface area contributed by atoms with Crippen LogP contribution in [0.4, 0.5) is 0 Å². The van der Waals surface area contributed by atoms with Gasteiger partial charge in [-0.15, -0.1) is 0 Å². The van der Waals surface area contributed by atoms with Crippen LogP contribution in [-0.2, 0) is 11.3 Å². The summed E-state index contributed by atoms with van der Waals surface area (Å²) in [5.41, 5.74) is 1.04. The predicted molar refractivity (Wildman–Crippen MR) is 97.4 cm³/mol. The lowest BCUT2D eigenvalue weighted by Crippen LogP contribution is -2.37. The Hall–Kier alpha value is -2.33. The van der Waals surface area contributed by atoms with E-state index in [1.807, 2.05) is 59.5 Å². The molecule has 1 heterocycles. The highest BCUT2D eigenvalue weighted by Crippen LogP contribution is 2.28. The number of carbonyl (C=O) groups excluding carboxylic acids is 1. The van der Waals surface area contributed by atoms with Crippen LogP contribution in [-0.4, -0.2) is 28.1 Å². The van der Waals surface area contributed by atoms with Crippen LogP contribution in [0, 0.1) is 5.92 Å². The Bertz CT molecular complexity index is 697. The van der Waals surface area contributed by atoms with Gasteiger partial charge in [0, 0.05) is 6.54 Å².